The largest absolute Gasteiger partial charge is 0.416 e. The zero-order chi connectivity index (χ0) is 14.8. The molecule has 0 bridgehead atoms. The molecule has 0 amide bonds. The Balaban J connectivity index is 3.19. The van der Waals surface area contributed by atoms with Crippen LogP contribution in [0.15, 0.2) is 23.1 Å². The highest BCUT2D eigenvalue weighted by Crippen LogP contribution is 2.33. The van der Waals surface area contributed by atoms with Crippen LogP contribution in [0, 0.1) is 5.92 Å². The molecule has 0 heterocycles. The Bertz CT molecular complexity index is 551. The van der Waals surface area contributed by atoms with Crippen LogP contribution in [0.1, 0.15) is 25.8 Å². The van der Waals surface area contributed by atoms with E-state index in [9.17, 15) is 21.6 Å². The van der Waals surface area contributed by atoms with Crippen molar-refractivity contribution in [2.75, 3.05) is 11.5 Å². The van der Waals surface area contributed by atoms with Crippen LogP contribution >= 0.6 is 0 Å². The zero-order valence-electron chi connectivity index (χ0n) is 10.7. The van der Waals surface area contributed by atoms with Crippen molar-refractivity contribution in [2.45, 2.75) is 31.3 Å². The normalized spacial score (nSPS) is 12.9. The highest BCUT2D eigenvalue weighted by Gasteiger charge is 2.32. The predicted octanol–water partition coefficient (Wildman–Crippen LogP) is 3.11. The molecule has 0 saturated heterocycles. The molecule has 19 heavy (non-hydrogen) atoms. The first-order chi connectivity index (χ1) is 8.54. The van der Waals surface area contributed by atoms with E-state index in [4.69, 9.17) is 5.73 Å². The van der Waals surface area contributed by atoms with Gasteiger partial charge in [-0.05, 0) is 30.5 Å². The van der Waals surface area contributed by atoms with Crippen molar-refractivity contribution in [3.8, 4) is 0 Å². The zero-order valence-corrected chi connectivity index (χ0v) is 11.5. The molecule has 0 aromatic heterocycles. The first-order valence-corrected chi connectivity index (χ1v) is 7.39. The maximum atomic E-state index is 12.6. The lowest BCUT2D eigenvalue weighted by molar-refractivity contribution is -0.137. The van der Waals surface area contributed by atoms with Gasteiger partial charge in [0.05, 0.1) is 21.9 Å². The second-order valence-corrected chi connectivity index (χ2v) is 6.83. The van der Waals surface area contributed by atoms with E-state index in [0.717, 1.165) is 12.1 Å². The van der Waals surface area contributed by atoms with Gasteiger partial charge in [-0.1, -0.05) is 13.8 Å². The Hall–Kier alpha value is -1.24. The van der Waals surface area contributed by atoms with Crippen molar-refractivity contribution in [2.24, 2.45) is 5.92 Å². The molecule has 108 valence electrons. The summed E-state index contributed by atoms with van der Waals surface area (Å²) in [5, 5.41) is 0. The summed E-state index contributed by atoms with van der Waals surface area (Å²) in [6, 6.07) is 2.35. The molecule has 1 rings (SSSR count). The Kier molecular flexibility index (Phi) is 4.50. The average Bonchev–Trinajstić information content (AvgIpc) is 2.25. The summed E-state index contributed by atoms with van der Waals surface area (Å²) in [4.78, 5) is -0.442. The SMILES string of the molecule is CC(C)CCS(=O)(=O)c1cc(C(F)(F)F)ccc1N. The van der Waals surface area contributed by atoms with Crippen LogP contribution in [0.25, 0.3) is 0 Å². The van der Waals surface area contributed by atoms with Gasteiger partial charge in [0.15, 0.2) is 9.84 Å². The highest BCUT2D eigenvalue weighted by molar-refractivity contribution is 7.91. The smallest absolute Gasteiger partial charge is 0.398 e. The molecule has 0 aliphatic rings. The Labute approximate surface area is 110 Å². The van der Waals surface area contributed by atoms with Crippen LogP contribution in [0.2, 0.25) is 0 Å². The van der Waals surface area contributed by atoms with Crippen LogP contribution < -0.4 is 5.73 Å². The maximum Gasteiger partial charge on any atom is 0.416 e. The predicted molar refractivity (Wildman–Crippen MR) is 67.4 cm³/mol. The van der Waals surface area contributed by atoms with Crippen molar-refractivity contribution in [1.82, 2.24) is 0 Å². The lowest BCUT2D eigenvalue weighted by Gasteiger charge is -2.12. The summed E-state index contributed by atoms with van der Waals surface area (Å²) in [5.74, 6) is -0.0716. The number of hydrogen-bond donors (Lipinski definition) is 1. The van der Waals surface area contributed by atoms with Crippen molar-refractivity contribution in [3.63, 3.8) is 0 Å². The summed E-state index contributed by atoms with van der Waals surface area (Å²) in [7, 11) is -3.79. The summed E-state index contributed by atoms with van der Waals surface area (Å²) >= 11 is 0. The van der Waals surface area contributed by atoms with Gasteiger partial charge in [-0.25, -0.2) is 8.42 Å². The van der Waals surface area contributed by atoms with Gasteiger partial charge in [-0.2, -0.15) is 13.2 Å². The molecule has 1 aromatic carbocycles. The van der Waals surface area contributed by atoms with E-state index in [2.05, 4.69) is 0 Å². The number of benzene rings is 1. The van der Waals surface area contributed by atoms with Gasteiger partial charge >= 0.3 is 6.18 Å². The van der Waals surface area contributed by atoms with E-state index in [1.807, 2.05) is 13.8 Å². The van der Waals surface area contributed by atoms with Crippen molar-refractivity contribution >= 4 is 15.5 Å². The third kappa shape index (κ3) is 4.12. The lowest BCUT2D eigenvalue weighted by Crippen LogP contribution is -2.13. The Morgan fingerprint density at radius 2 is 1.84 bits per heavy atom. The van der Waals surface area contributed by atoms with E-state index >= 15 is 0 Å². The van der Waals surface area contributed by atoms with Gasteiger partial charge in [0.25, 0.3) is 0 Å². The van der Waals surface area contributed by atoms with Crippen LogP contribution in [0.4, 0.5) is 18.9 Å². The van der Waals surface area contributed by atoms with Gasteiger partial charge in [-0.15, -0.1) is 0 Å². The number of nitrogens with two attached hydrogens (primary N) is 1. The van der Waals surface area contributed by atoms with Crippen molar-refractivity contribution in [3.05, 3.63) is 23.8 Å². The minimum atomic E-state index is -4.59. The number of sulfone groups is 1. The van der Waals surface area contributed by atoms with E-state index in [0.29, 0.717) is 12.5 Å². The van der Waals surface area contributed by atoms with E-state index in [1.165, 1.54) is 0 Å². The average molecular weight is 295 g/mol. The van der Waals surface area contributed by atoms with Crippen molar-refractivity contribution < 1.29 is 21.6 Å². The van der Waals surface area contributed by atoms with Crippen LogP contribution in [-0.4, -0.2) is 14.2 Å². The van der Waals surface area contributed by atoms with E-state index in [1.54, 1.807) is 0 Å². The maximum absolute atomic E-state index is 12.6. The summed E-state index contributed by atoms with van der Waals surface area (Å²) in [6.45, 7) is 3.68. The number of anilines is 1. The highest BCUT2D eigenvalue weighted by atomic mass is 32.2. The number of halogens is 3. The van der Waals surface area contributed by atoms with Gasteiger partial charge in [-0.3, -0.25) is 0 Å². The molecule has 0 unspecified atom stereocenters. The molecule has 0 spiro atoms. The molecule has 0 aliphatic heterocycles. The minimum Gasteiger partial charge on any atom is -0.398 e. The molecular formula is C12H16F3NO2S. The van der Waals surface area contributed by atoms with Crippen LogP contribution in [-0.2, 0) is 16.0 Å². The fourth-order valence-electron chi connectivity index (χ4n) is 1.48. The molecule has 0 fully saturated rings. The third-order valence-electron chi connectivity index (χ3n) is 2.64. The van der Waals surface area contributed by atoms with E-state index < -0.39 is 26.5 Å². The molecule has 7 heteroatoms. The summed E-state index contributed by atoms with van der Waals surface area (Å²) in [6.07, 6.45) is -4.21. The molecule has 0 aliphatic carbocycles. The minimum absolute atomic E-state index is 0.141. The third-order valence-corrected chi connectivity index (χ3v) is 4.44. The van der Waals surface area contributed by atoms with Crippen LogP contribution in [0.3, 0.4) is 0 Å². The van der Waals surface area contributed by atoms with Gasteiger partial charge in [0.2, 0.25) is 0 Å². The number of rotatable bonds is 4. The monoisotopic (exact) mass is 295 g/mol. The number of nitrogen functional groups attached to an aromatic ring is 1. The number of alkyl halides is 3. The number of hydrogen-bond acceptors (Lipinski definition) is 3. The molecule has 2 N–H and O–H groups in total. The molecule has 0 saturated carbocycles. The molecule has 0 atom stereocenters. The first kappa shape index (κ1) is 15.8. The molecule has 0 radical (unpaired) electrons. The van der Waals surface area contributed by atoms with Crippen molar-refractivity contribution in [1.29, 1.82) is 0 Å². The molecular weight excluding hydrogens is 279 g/mol. The second-order valence-electron chi connectivity index (χ2n) is 4.75. The molecule has 3 nitrogen and oxygen atoms in total. The standard InChI is InChI=1S/C12H16F3NO2S/c1-8(2)5-6-19(17,18)11-7-9(12(13,14)15)3-4-10(11)16/h3-4,7-8H,5-6,16H2,1-2H3. The Morgan fingerprint density at radius 1 is 1.26 bits per heavy atom. The van der Waals surface area contributed by atoms with Gasteiger partial charge < -0.3 is 5.73 Å². The fourth-order valence-corrected chi connectivity index (χ4v) is 3.22. The fraction of sp³-hybridized carbons (Fsp3) is 0.500. The van der Waals surface area contributed by atoms with Crippen LogP contribution in [0.5, 0.6) is 0 Å². The second kappa shape index (κ2) is 5.40. The van der Waals surface area contributed by atoms with Gasteiger partial charge in [0, 0.05) is 0 Å². The topological polar surface area (TPSA) is 60.2 Å². The summed E-state index contributed by atoms with van der Waals surface area (Å²) in [5.41, 5.74) is 4.31. The molecule has 1 aromatic rings. The quantitative estimate of drug-likeness (QED) is 0.868. The summed E-state index contributed by atoms with van der Waals surface area (Å²) < 4.78 is 61.7. The lowest BCUT2D eigenvalue weighted by atomic mass is 10.2. The van der Waals surface area contributed by atoms with Gasteiger partial charge in [0.1, 0.15) is 0 Å². The Morgan fingerprint density at radius 3 is 2.32 bits per heavy atom. The van der Waals surface area contributed by atoms with E-state index in [-0.39, 0.29) is 17.4 Å². The first-order valence-electron chi connectivity index (χ1n) is 5.73.